The van der Waals surface area contributed by atoms with Gasteiger partial charge in [-0.05, 0) is 70.4 Å². The van der Waals surface area contributed by atoms with Crippen LogP contribution in [-0.4, -0.2) is 30.4 Å². The van der Waals surface area contributed by atoms with Crippen molar-refractivity contribution >= 4 is 33.0 Å². The summed E-state index contributed by atoms with van der Waals surface area (Å²) in [5, 5.41) is 23.3. The summed E-state index contributed by atoms with van der Waals surface area (Å²) in [4.78, 5) is 21.7. The number of pyridine rings is 1. The van der Waals surface area contributed by atoms with Crippen molar-refractivity contribution in [3.63, 3.8) is 0 Å². The van der Waals surface area contributed by atoms with E-state index in [-0.39, 0.29) is 14.9 Å². The highest BCUT2D eigenvalue weighted by Gasteiger charge is 2.31. The second kappa shape index (κ2) is 7.80. The van der Waals surface area contributed by atoms with Gasteiger partial charge in [0.15, 0.2) is 9.92 Å². The summed E-state index contributed by atoms with van der Waals surface area (Å²) in [5.41, 5.74) is 3.50. The predicted octanol–water partition coefficient (Wildman–Crippen LogP) is 2.94. The van der Waals surface area contributed by atoms with Crippen molar-refractivity contribution in [2.24, 2.45) is 0 Å². The fraction of sp³-hybridized carbons (Fsp3) is 0.550. The van der Waals surface area contributed by atoms with Gasteiger partial charge in [0.25, 0.3) is 0 Å². The summed E-state index contributed by atoms with van der Waals surface area (Å²) in [6.07, 6.45) is 4.28. The highest BCUT2D eigenvalue weighted by atomic mass is 32.2. The molecule has 9 nitrogen and oxygen atoms in total. The molecule has 4 rings (SSSR count). The molecule has 2 aliphatic rings. The Bertz CT molecular complexity index is 1120. The molecule has 0 fully saturated rings. The van der Waals surface area contributed by atoms with Gasteiger partial charge < -0.3 is 15.5 Å². The minimum Gasteiger partial charge on any atom is -0.387 e. The Kier molecular flexibility index (Phi) is 5.57. The molecule has 2 heterocycles. The predicted molar refractivity (Wildman–Crippen MR) is 118 cm³/mol. The van der Waals surface area contributed by atoms with Crippen LogP contribution < -0.4 is 10.0 Å². The number of aryl methyl sites for hydroxylation is 2. The highest BCUT2D eigenvalue weighted by molar-refractivity contribution is 7.93. The minimum atomic E-state index is -3.82. The van der Waals surface area contributed by atoms with Crippen LogP contribution in [0.2, 0.25) is 0 Å². The van der Waals surface area contributed by atoms with Crippen molar-refractivity contribution in [1.82, 2.24) is 14.7 Å². The van der Waals surface area contributed by atoms with Crippen LogP contribution in [0.1, 0.15) is 72.9 Å². The highest BCUT2D eigenvalue weighted by Crippen LogP contribution is 2.37. The van der Waals surface area contributed by atoms with Crippen LogP contribution in [0.15, 0.2) is 4.21 Å². The standard InChI is InChI=1S/C20H27N5O4S2/c1-10(26)15-17(30-18(23-15)20(2,3)28)31(21,29)25-19(27)24-16-11-6-4-8-13(11)22-14-9-5-7-12(14)16/h10,26,28H,4-9H2,1-3H3,(H3,21,22,24,25,27,29)/t10?,31-/m0/s1. The van der Waals surface area contributed by atoms with Crippen molar-refractivity contribution in [2.45, 2.75) is 75.2 Å². The number of hydrogen-bond acceptors (Lipinski definition) is 8. The molecular formula is C20H27N5O4S2. The second-order valence-electron chi connectivity index (χ2n) is 8.58. The molecule has 0 saturated heterocycles. The van der Waals surface area contributed by atoms with E-state index in [4.69, 9.17) is 9.76 Å². The van der Waals surface area contributed by atoms with E-state index in [0.29, 0.717) is 0 Å². The third-order valence-electron chi connectivity index (χ3n) is 5.53. The Hall–Kier alpha value is -2.08. The molecule has 0 radical (unpaired) electrons. The maximum atomic E-state index is 13.2. The quantitative estimate of drug-likeness (QED) is 0.458. The number of aliphatic hydroxyl groups excluding tert-OH is 1. The number of aliphatic hydroxyl groups is 2. The van der Waals surface area contributed by atoms with Crippen LogP contribution in [0, 0.1) is 4.78 Å². The van der Waals surface area contributed by atoms with E-state index in [1.54, 1.807) is 0 Å². The van der Waals surface area contributed by atoms with Gasteiger partial charge in [0, 0.05) is 11.4 Å². The van der Waals surface area contributed by atoms with E-state index in [1.165, 1.54) is 20.8 Å². The van der Waals surface area contributed by atoms with Gasteiger partial charge in [-0.3, -0.25) is 4.98 Å². The summed E-state index contributed by atoms with van der Waals surface area (Å²) in [6.45, 7) is 4.46. The van der Waals surface area contributed by atoms with E-state index in [1.807, 2.05) is 0 Å². The maximum Gasteiger partial charge on any atom is 0.331 e. The molecule has 2 aromatic rings. The summed E-state index contributed by atoms with van der Waals surface area (Å²) in [7, 11) is -3.82. The Morgan fingerprint density at radius 2 is 1.74 bits per heavy atom. The number of fused-ring (bicyclic) bond motifs is 2. The van der Waals surface area contributed by atoms with Crippen LogP contribution in [-0.2, 0) is 41.2 Å². The molecule has 2 aliphatic carbocycles. The average molecular weight is 466 g/mol. The molecule has 1 unspecified atom stereocenters. The van der Waals surface area contributed by atoms with Gasteiger partial charge in [0.2, 0.25) is 0 Å². The SMILES string of the molecule is CC(O)c1nc(C(C)(C)O)sc1[S@@](=N)(=O)NC(=O)Nc1c2c(nc3c1CCC3)CCC2. The number of nitrogens with one attached hydrogen (secondary N) is 3. The molecule has 0 saturated carbocycles. The van der Waals surface area contributed by atoms with Gasteiger partial charge in [0.05, 0.1) is 17.5 Å². The fourth-order valence-electron chi connectivity index (χ4n) is 4.10. The minimum absolute atomic E-state index is 0.0214. The number of nitrogens with zero attached hydrogens (tertiary/aromatic N) is 2. The fourth-order valence-corrected chi connectivity index (χ4v) is 6.74. The van der Waals surface area contributed by atoms with Crippen LogP contribution in [0.3, 0.4) is 0 Å². The zero-order chi connectivity index (χ0) is 22.6. The van der Waals surface area contributed by atoms with Gasteiger partial charge >= 0.3 is 6.03 Å². The lowest BCUT2D eigenvalue weighted by atomic mass is 10.1. The molecule has 168 valence electrons. The van der Waals surface area contributed by atoms with Gasteiger partial charge in [-0.1, -0.05) is 0 Å². The summed E-state index contributed by atoms with van der Waals surface area (Å²) in [6, 6.07) is -0.746. The number of aromatic nitrogens is 2. The summed E-state index contributed by atoms with van der Waals surface area (Å²) < 4.78 is 23.7. The molecule has 0 bridgehead atoms. The number of hydrogen-bond donors (Lipinski definition) is 5. The lowest BCUT2D eigenvalue weighted by molar-refractivity contribution is 0.0775. The first kappa shape index (κ1) is 22.1. The number of carbonyl (C=O) groups is 1. The Labute approximate surface area is 185 Å². The largest absolute Gasteiger partial charge is 0.387 e. The van der Waals surface area contributed by atoms with Gasteiger partial charge in [-0.15, -0.1) is 11.3 Å². The molecular weight excluding hydrogens is 438 g/mol. The van der Waals surface area contributed by atoms with E-state index in [2.05, 4.69) is 15.0 Å². The molecule has 0 spiro atoms. The molecule has 31 heavy (non-hydrogen) atoms. The van der Waals surface area contributed by atoms with Crippen molar-refractivity contribution in [3.8, 4) is 0 Å². The average Bonchev–Trinajstić information content (AvgIpc) is 3.39. The van der Waals surface area contributed by atoms with Crippen LogP contribution in [0.5, 0.6) is 0 Å². The normalized spacial score (nSPS) is 18.2. The van der Waals surface area contributed by atoms with E-state index >= 15 is 0 Å². The number of urea groups is 1. The Morgan fingerprint density at radius 3 is 2.26 bits per heavy atom. The number of anilines is 1. The van der Waals surface area contributed by atoms with Crippen LogP contribution in [0.25, 0.3) is 0 Å². The molecule has 0 aliphatic heterocycles. The zero-order valence-electron chi connectivity index (χ0n) is 17.7. The number of thiazole rings is 1. The molecule has 2 aromatic heterocycles. The van der Waals surface area contributed by atoms with Crippen molar-refractivity contribution in [3.05, 3.63) is 33.2 Å². The topological polar surface area (TPSA) is 148 Å². The molecule has 2 amide bonds. The lowest BCUT2D eigenvalue weighted by Gasteiger charge is -2.16. The summed E-state index contributed by atoms with van der Waals surface area (Å²) in [5.74, 6) is 0. The Morgan fingerprint density at radius 1 is 1.16 bits per heavy atom. The molecule has 11 heteroatoms. The first-order valence-corrected chi connectivity index (χ1v) is 12.7. The van der Waals surface area contributed by atoms with Gasteiger partial charge in [-0.2, -0.15) is 0 Å². The van der Waals surface area contributed by atoms with Crippen molar-refractivity contribution < 1.29 is 19.2 Å². The van der Waals surface area contributed by atoms with Crippen LogP contribution in [0.4, 0.5) is 10.5 Å². The number of carbonyl (C=O) groups excluding carboxylic acids is 1. The summed E-state index contributed by atoms with van der Waals surface area (Å²) >= 11 is 0.854. The van der Waals surface area contributed by atoms with Crippen molar-refractivity contribution in [1.29, 1.82) is 4.78 Å². The van der Waals surface area contributed by atoms with Crippen LogP contribution >= 0.6 is 11.3 Å². The zero-order valence-corrected chi connectivity index (χ0v) is 19.4. The second-order valence-corrected chi connectivity index (χ2v) is 11.6. The molecule has 2 atom stereocenters. The van der Waals surface area contributed by atoms with E-state index in [0.717, 1.165) is 78.1 Å². The number of amides is 2. The van der Waals surface area contributed by atoms with Gasteiger partial charge in [-0.25, -0.2) is 23.5 Å². The van der Waals surface area contributed by atoms with E-state index < -0.39 is 27.7 Å². The monoisotopic (exact) mass is 465 g/mol. The third-order valence-corrected chi connectivity index (χ3v) is 8.86. The smallest absolute Gasteiger partial charge is 0.331 e. The molecule has 5 N–H and O–H groups in total. The first-order chi connectivity index (χ1) is 14.5. The maximum absolute atomic E-state index is 13.2. The Balaban J connectivity index is 1.63. The van der Waals surface area contributed by atoms with Crippen molar-refractivity contribution in [2.75, 3.05) is 5.32 Å². The molecule has 0 aromatic carbocycles. The lowest BCUT2D eigenvalue weighted by Crippen LogP contribution is -2.34. The van der Waals surface area contributed by atoms with Gasteiger partial charge in [0.1, 0.15) is 14.8 Å². The van der Waals surface area contributed by atoms with E-state index in [9.17, 15) is 19.2 Å². The third kappa shape index (κ3) is 4.19. The first-order valence-electron chi connectivity index (χ1n) is 10.3. The number of rotatable bonds is 5.